The SMILES string of the molecule is CC(Cc1cccc(C(=O)N[C@@H](Cc2ccccc2)C(=O)O)c1)c1ccccc1. The summed E-state index contributed by atoms with van der Waals surface area (Å²) in [5.41, 5.74) is 3.63. The van der Waals surface area contributed by atoms with Crippen molar-refractivity contribution in [3.63, 3.8) is 0 Å². The second-order valence-corrected chi connectivity index (χ2v) is 7.27. The van der Waals surface area contributed by atoms with Crippen LogP contribution >= 0.6 is 0 Å². The van der Waals surface area contributed by atoms with Gasteiger partial charge in [-0.15, -0.1) is 0 Å². The molecule has 0 aliphatic carbocycles. The summed E-state index contributed by atoms with van der Waals surface area (Å²) in [6, 6.07) is 26.0. The predicted octanol–water partition coefficient (Wildman–Crippen LogP) is 4.46. The molecular formula is C25H25NO3. The molecule has 3 rings (SSSR count). The molecule has 0 saturated carbocycles. The molecule has 0 aromatic heterocycles. The van der Waals surface area contributed by atoms with Crippen LogP contribution in [0.2, 0.25) is 0 Å². The van der Waals surface area contributed by atoms with Crippen molar-refractivity contribution >= 4 is 11.9 Å². The van der Waals surface area contributed by atoms with Gasteiger partial charge in [-0.2, -0.15) is 0 Å². The van der Waals surface area contributed by atoms with Gasteiger partial charge in [0.15, 0.2) is 0 Å². The van der Waals surface area contributed by atoms with Gasteiger partial charge in [0.05, 0.1) is 0 Å². The smallest absolute Gasteiger partial charge is 0.326 e. The van der Waals surface area contributed by atoms with Crippen molar-refractivity contribution in [2.45, 2.75) is 31.7 Å². The molecule has 3 aromatic rings. The van der Waals surface area contributed by atoms with Crippen LogP contribution in [-0.2, 0) is 17.6 Å². The van der Waals surface area contributed by atoms with Crippen molar-refractivity contribution in [2.75, 3.05) is 0 Å². The highest BCUT2D eigenvalue weighted by atomic mass is 16.4. The van der Waals surface area contributed by atoms with Gasteiger partial charge >= 0.3 is 5.97 Å². The van der Waals surface area contributed by atoms with Crippen molar-refractivity contribution in [2.24, 2.45) is 0 Å². The zero-order valence-electron chi connectivity index (χ0n) is 16.4. The predicted molar refractivity (Wildman–Crippen MR) is 114 cm³/mol. The molecule has 1 unspecified atom stereocenters. The van der Waals surface area contributed by atoms with Crippen LogP contribution in [0.5, 0.6) is 0 Å². The average Bonchev–Trinajstić information content (AvgIpc) is 2.74. The van der Waals surface area contributed by atoms with Crippen LogP contribution in [0.25, 0.3) is 0 Å². The number of carboxylic acids is 1. The maximum atomic E-state index is 12.7. The third kappa shape index (κ3) is 5.79. The van der Waals surface area contributed by atoms with Crippen LogP contribution < -0.4 is 5.32 Å². The summed E-state index contributed by atoms with van der Waals surface area (Å²) in [7, 11) is 0. The molecule has 0 spiro atoms. The lowest BCUT2D eigenvalue weighted by Gasteiger charge is -2.16. The standard InChI is InChI=1S/C25H25NO3/c1-18(21-12-6-3-7-13-21)15-20-11-8-14-22(16-20)24(27)26-23(25(28)29)17-19-9-4-2-5-10-19/h2-14,16,18,23H,15,17H2,1H3,(H,26,27)(H,28,29)/t18?,23-/m0/s1. The second-order valence-electron chi connectivity index (χ2n) is 7.27. The Labute approximate surface area is 171 Å². The Hall–Kier alpha value is -3.40. The van der Waals surface area contributed by atoms with E-state index in [0.29, 0.717) is 11.5 Å². The monoisotopic (exact) mass is 387 g/mol. The maximum Gasteiger partial charge on any atom is 0.326 e. The molecule has 0 bridgehead atoms. The highest BCUT2D eigenvalue weighted by molar-refractivity contribution is 5.96. The summed E-state index contributed by atoms with van der Waals surface area (Å²) in [5, 5.41) is 12.2. The van der Waals surface area contributed by atoms with Gasteiger partial charge in [-0.1, -0.05) is 79.7 Å². The normalized spacial score (nSPS) is 12.7. The lowest BCUT2D eigenvalue weighted by molar-refractivity contribution is -0.139. The van der Waals surface area contributed by atoms with E-state index in [2.05, 4.69) is 24.4 Å². The first kappa shape index (κ1) is 20.3. The van der Waals surface area contributed by atoms with Crippen LogP contribution in [0.4, 0.5) is 0 Å². The molecule has 0 fully saturated rings. The number of carbonyl (C=O) groups is 2. The molecule has 29 heavy (non-hydrogen) atoms. The summed E-state index contributed by atoms with van der Waals surface area (Å²) in [6.45, 7) is 2.16. The van der Waals surface area contributed by atoms with E-state index in [1.54, 1.807) is 6.07 Å². The Balaban J connectivity index is 1.68. The van der Waals surface area contributed by atoms with E-state index in [1.807, 2.05) is 66.7 Å². The fourth-order valence-electron chi connectivity index (χ4n) is 3.38. The molecule has 148 valence electrons. The van der Waals surface area contributed by atoms with E-state index < -0.39 is 12.0 Å². The Kier molecular flexibility index (Phi) is 6.80. The van der Waals surface area contributed by atoms with Crippen LogP contribution in [0.15, 0.2) is 84.9 Å². The van der Waals surface area contributed by atoms with E-state index in [4.69, 9.17) is 0 Å². The molecule has 3 aromatic carbocycles. The summed E-state index contributed by atoms with van der Waals surface area (Å²) in [6.07, 6.45) is 1.05. The third-order valence-electron chi connectivity index (χ3n) is 4.99. The van der Waals surface area contributed by atoms with E-state index in [1.165, 1.54) is 5.56 Å². The summed E-state index contributed by atoms with van der Waals surface area (Å²) < 4.78 is 0. The van der Waals surface area contributed by atoms with Crippen LogP contribution in [0, 0.1) is 0 Å². The largest absolute Gasteiger partial charge is 0.480 e. The Morgan fingerprint density at radius 3 is 2.10 bits per heavy atom. The highest BCUT2D eigenvalue weighted by Gasteiger charge is 2.21. The highest BCUT2D eigenvalue weighted by Crippen LogP contribution is 2.20. The minimum absolute atomic E-state index is 0.243. The lowest BCUT2D eigenvalue weighted by Crippen LogP contribution is -2.42. The molecule has 0 aliphatic heterocycles. The van der Waals surface area contributed by atoms with Gasteiger partial charge in [0.1, 0.15) is 6.04 Å². The number of rotatable bonds is 8. The fourth-order valence-corrected chi connectivity index (χ4v) is 3.38. The molecular weight excluding hydrogens is 362 g/mol. The molecule has 0 saturated heterocycles. The molecule has 4 heteroatoms. The topological polar surface area (TPSA) is 66.4 Å². The first-order chi connectivity index (χ1) is 14.0. The van der Waals surface area contributed by atoms with Crippen molar-refractivity contribution in [1.82, 2.24) is 5.32 Å². The third-order valence-corrected chi connectivity index (χ3v) is 4.99. The first-order valence-corrected chi connectivity index (χ1v) is 9.74. The molecule has 0 radical (unpaired) electrons. The molecule has 2 N–H and O–H groups in total. The average molecular weight is 387 g/mol. The fraction of sp³-hybridized carbons (Fsp3) is 0.200. The van der Waals surface area contributed by atoms with Gasteiger partial charge in [0.2, 0.25) is 0 Å². The van der Waals surface area contributed by atoms with Gasteiger partial charge in [0.25, 0.3) is 5.91 Å². The van der Waals surface area contributed by atoms with E-state index in [9.17, 15) is 14.7 Å². The van der Waals surface area contributed by atoms with Crippen molar-refractivity contribution in [3.05, 3.63) is 107 Å². The quantitative estimate of drug-likeness (QED) is 0.600. The van der Waals surface area contributed by atoms with Gasteiger partial charge in [-0.25, -0.2) is 4.79 Å². The maximum absolute atomic E-state index is 12.7. The Morgan fingerprint density at radius 2 is 1.45 bits per heavy atom. The minimum Gasteiger partial charge on any atom is -0.480 e. The summed E-state index contributed by atoms with van der Waals surface area (Å²) in [4.78, 5) is 24.3. The Bertz CT molecular complexity index is 954. The molecule has 2 atom stereocenters. The number of nitrogens with one attached hydrogen (secondary N) is 1. The zero-order valence-corrected chi connectivity index (χ0v) is 16.4. The summed E-state index contributed by atoms with van der Waals surface area (Å²) in [5.74, 6) is -1.10. The van der Waals surface area contributed by atoms with E-state index in [0.717, 1.165) is 17.5 Å². The number of amides is 1. The lowest BCUT2D eigenvalue weighted by atomic mass is 9.93. The first-order valence-electron chi connectivity index (χ1n) is 9.74. The minimum atomic E-state index is -1.05. The number of hydrogen-bond donors (Lipinski definition) is 2. The van der Waals surface area contributed by atoms with Crippen LogP contribution in [0.1, 0.15) is 39.9 Å². The molecule has 0 aliphatic rings. The van der Waals surface area contributed by atoms with Crippen molar-refractivity contribution in [1.29, 1.82) is 0 Å². The van der Waals surface area contributed by atoms with Crippen LogP contribution in [0.3, 0.4) is 0 Å². The molecule has 0 heterocycles. The number of benzene rings is 3. The van der Waals surface area contributed by atoms with Gasteiger partial charge in [0, 0.05) is 12.0 Å². The summed E-state index contributed by atoms with van der Waals surface area (Å²) >= 11 is 0. The van der Waals surface area contributed by atoms with Crippen LogP contribution in [-0.4, -0.2) is 23.0 Å². The van der Waals surface area contributed by atoms with Gasteiger partial charge in [-0.3, -0.25) is 4.79 Å². The van der Waals surface area contributed by atoms with Crippen molar-refractivity contribution < 1.29 is 14.7 Å². The number of aliphatic carboxylic acids is 1. The molecule has 1 amide bonds. The number of hydrogen-bond acceptors (Lipinski definition) is 2. The molecule has 4 nitrogen and oxygen atoms in total. The van der Waals surface area contributed by atoms with Gasteiger partial charge < -0.3 is 10.4 Å². The Morgan fingerprint density at radius 1 is 0.828 bits per heavy atom. The van der Waals surface area contributed by atoms with Crippen molar-refractivity contribution in [3.8, 4) is 0 Å². The number of carbonyl (C=O) groups excluding carboxylic acids is 1. The van der Waals surface area contributed by atoms with E-state index in [-0.39, 0.29) is 12.3 Å². The number of carboxylic acid groups (broad SMARTS) is 1. The van der Waals surface area contributed by atoms with E-state index >= 15 is 0 Å². The van der Waals surface area contributed by atoms with Gasteiger partial charge in [-0.05, 0) is 41.2 Å². The second kappa shape index (κ2) is 9.69. The zero-order chi connectivity index (χ0) is 20.6.